The SMILES string of the molecule is N=C(N)c1ccc2cnn(O)c2c1. The van der Waals surface area contributed by atoms with Crippen LogP contribution in [0.1, 0.15) is 5.56 Å². The van der Waals surface area contributed by atoms with Gasteiger partial charge in [0.1, 0.15) is 11.4 Å². The highest BCUT2D eigenvalue weighted by Gasteiger charge is 2.03. The Morgan fingerprint density at radius 1 is 1.54 bits per heavy atom. The van der Waals surface area contributed by atoms with Gasteiger partial charge in [-0.15, -0.1) is 9.94 Å². The van der Waals surface area contributed by atoms with E-state index in [1.165, 1.54) is 0 Å². The molecule has 0 fully saturated rings. The average molecular weight is 176 g/mol. The number of fused-ring (bicyclic) bond motifs is 1. The number of amidine groups is 1. The number of nitrogen functional groups attached to an aromatic ring is 1. The minimum absolute atomic E-state index is 0.0249. The van der Waals surface area contributed by atoms with Crippen molar-refractivity contribution in [2.24, 2.45) is 5.73 Å². The molecule has 1 aromatic carbocycles. The fraction of sp³-hybridized carbons (Fsp3) is 0. The van der Waals surface area contributed by atoms with E-state index >= 15 is 0 Å². The maximum absolute atomic E-state index is 9.21. The van der Waals surface area contributed by atoms with E-state index < -0.39 is 0 Å². The predicted octanol–water partition coefficient (Wildman–Crippen LogP) is 0.558. The summed E-state index contributed by atoms with van der Waals surface area (Å²) in [6.07, 6.45) is 1.54. The molecule has 0 saturated carbocycles. The van der Waals surface area contributed by atoms with E-state index in [-0.39, 0.29) is 5.84 Å². The lowest BCUT2D eigenvalue weighted by atomic mass is 10.1. The smallest absolute Gasteiger partial charge is 0.122 e. The van der Waals surface area contributed by atoms with Crippen molar-refractivity contribution in [2.75, 3.05) is 0 Å². The van der Waals surface area contributed by atoms with Gasteiger partial charge in [-0.3, -0.25) is 5.41 Å². The van der Waals surface area contributed by atoms with Gasteiger partial charge in [0.15, 0.2) is 0 Å². The Hall–Kier alpha value is -2.04. The molecular formula is C8H8N4O. The summed E-state index contributed by atoms with van der Waals surface area (Å²) in [6, 6.07) is 5.09. The Balaban J connectivity index is 2.72. The molecule has 2 rings (SSSR count). The molecule has 0 aliphatic rings. The van der Waals surface area contributed by atoms with Crippen LogP contribution in [-0.2, 0) is 0 Å². The third-order valence-electron chi connectivity index (χ3n) is 1.86. The van der Waals surface area contributed by atoms with Crippen molar-refractivity contribution in [3.63, 3.8) is 0 Å². The molecule has 66 valence electrons. The maximum atomic E-state index is 9.21. The molecule has 0 aliphatic heterocycles. The molecular weight excluding hydrogens is 168 g/mol. The summed E-state index contributed by atoms with van der Waals surface area (Å²) in [5.41, 5.74) is 6.42. The number of benzene rings is 1. The van der Waals surface area contributed by atoms with E-state index in [0.717, 1.165) is 10.2 Å². The highest BCUT2D eigenvalue weighted by Crippen LogP contribution is 2.13. The average Bonchev–Trinajstić information content (AvgIpc) is 2.47. The fourth-order valence-corrected chi connectivity index (χ4v) is 1.17. The van der Waals surface area contributed by atoms with Crippen LogP contribution in [0.5, 0.6) is 0 Å². The molecule has 0 aliphatic carbocycles. The van der Waals surface area contributed by atoms with Crippen molar-refractivity contribution in [2.45, 2.75) is 0 Å². The first-order valence-corrected chi connectivity index (χ1v) is 3.70. The van der Waals surface area contributed by atoms with Crippen molar-refractivity contribution in [1.29, 1.82) is 5.41 Å². The van der Waals surface area contributed by atoms with E-state index in [9.17, 15) is 5.21 Å². The van der Waals surface area contributed by atoms with Gasteiger partial charge in [-0.25, -0.2) is 0 Å². The predicted molar refractivity (Wildman–Crippen MR) is 47.9 cm³/mol. The Labute approximate surface area is 73.9 Å². The lowest BCUT2D eigenvalue weighted by Crippen LogP contribution is -2.10. The van der Waals surface area contributed by atoms with Crippen LogP contribution in [0, 0.1) is 5.41 Å². The van der Waals surface area contributed by atoms with Crippen LogP contribution >= 0.6 is 0 Å². The van der Waals surface area contributed by atoms with Gasteiger partial charge in [-0.2, -0.15) is 0 Å². The van der Waals surface area contributed by atoms with Gasteiger partial charge in [-0.05, 0) is 6.07 Å². The van der Waals surface area contributed by atoms with Gasteiger partial charge in [0.2, 0.25) is 0 Å². The van der Waals surface area contributed by atoms with E-state index in [1.54, 1.807) is 24.4 Å². The lowest BCUT2D eigenvalue weighted by Gasteiger charge is -1.97. The molecule has 0 spiro atoms. The molecule has 0 radical (unpaired) electrons. The van der Waals surface area contributed by atoms with Crippen LogP contribution < -0.4 is 5.73 Å². The van der Waals surface area contributed by atoms with Crippen LogP contribution in [-0.4, -0.2) is 21.0 Å². The molecule has 0 saturated heterocycles. The third-order valence-corrected chi connectivity index (χ3v) is 1.86. The number of aromatic nitrogens is 2. The van der Waals surface area contributed by atoms with E-state index in [4.69, 9.17) is 11.1 Å². The van der Waals surface area contributed by atoms with Gasteiger partial charge in [0.05, 0.1) is 6.20 Å². The van der Waals surface area contributed by atoms with Crippen molar-refractivity contribution in [1.82, 2.24) is 9.94 Å². The van der Waals surface area contributed by atoms with Crippen LogP contribution in [0.3, 0.4) is 0 Å². The molecule has 13 heavy (non-hydrogen) atoms. The number of rotatable bonds is 1. The van der Waals surface area contributed by atoms with Gasteiger partial charge >= 0.3 is 0 Å². The Bertz CT molecular complexity index is 474. The van der Waals surface area contributed by atoms with E-state index in [1.807, 2.05) is 0 Å². The van der Waals surface area contributed by atoms with Crippen molar-refractivity contribution in [3.05, 3.63) is 30.0 Å². The third kappa shape index (κ3) is 1.10. The normalized spacial score (nSPS) is 10.5. The molecule has 0 bridgehead atoms. The summed E-state index contributed by atoms with van der Waals surface area (Å²) >= 11 is 0. The Morgan fingerprint density at radius 3 is 3.00 bits per heavy atom. The summed E-state index contributed by atoms with van der Waals surface area (Å²) in [7, 11) is 0. The standard InChI is InChI=1S/C8H8N4O/c9-8(10)5-1-2-6-4-11-12(13)7(6)3-5/h1-4,13H,(H3,9,10). The monoisotopic (exact) mass is 176 g/mol. The van der Waals surface area contributed by atoms with Crippen molar-refractivity contribution in [3.8, 4) is 0 Å². The van der Waals surface area contributed by atoms with E-state index in [0.29, 0.717) is 11.1 Å². The van der Waals surface area contributed by atoms with E-state index in [2.05, 4.69) is 5.10 Å². The quantitative estimate of drug-likeness (QED) is 0.337. The molecule has 0 amide bonds. The molecule has 2 aromatic rings. The number of hydrogen-bond donors (Lipinski definition) is 3. The zero-order chi connectivity index (χ0) is 9.42. The highest BCUT2D eigenvalue weighted by atomic mass is 16.5. The fourth-order valence-electron chi connectivity index (χ4n) is 1.17. The Morgan fingerprint density at radius 2 is 2.31 bits per heavy atom. The molecule has 1 aromatic heterocycles. The largest absolute Gasteiger partial charge is 0.411 e. The second-order valence-electron chi connectivity index (χ2n) is 2.72. The van der Waals surface area contributed by atoms with Gasteiger partial charge in [0.25, 0.3) is 0 Å². The molecule has 0 unspecified atom stereocenters. The number of hydrogen-bond acceptors (Lipinski definition) is 3. The summed E-state index contributed by atoms with van der Waals surface area (Å²) < 4.78 is 0. The first kappa shape index (κ1) is 7.60. The minimum Gasteiger partial charge on any atom is -0.411 e. The molecule has 1 heterocycles. The van der Waals surface area contributed by atoms with Crippen molar-refractivity contribution < 1.29 is 5.21 Å². The van der Waals surface area contributed by atoms with Gasteiger partial charge in [0, 0.05) is 10.9 Å². The Kier molecular flexibility index (Phi) is 1.45. The highest BCUT2D eigenvalue weighted by molar-refractivity contribution is 5.98. The number of nitrogens with one attached hydrogen (secondary N) is 1. The maximum Gasteiger partial charge on any atom is 0.122 e. The second kappa shape index (κ2) is 2.48. The van der Waals surface area contributed by atoms with Crippen LogP contribution in [0.2, 0.25) is 0 Å². The molecule has 0 atom stereocenters. The topological polar surface area (TPSA) is 87.9 Å². The summed E-state index contributed by atoms with van der Waals surface area (Å²) in [5, 5.41) is 20.9. The summed E-state index contributed by atoms with van der Waals surface area (Å²) in [4.78, 5) is 0.766. The molecule has 5 nitrogen and oxygen atoms in total. The first-order valence-electron chi connectivity index (χ1n) is 3.70. The second-order valence-corrected chi connectivity index (χ2v) is 2.72. The zero-order valence-corrected chi connectivity index (χ0v) is 6.73. The number of nitrogens with zero attached hydrogens (tertiary/aromatic N) is 2. The first-order chi connectivity index (χ1) is 6.18. The van der Waals surface area contributed by atoms with Crippen LogP contribution in [0.4, 0.5) is 0 Å². The summed E-state index contributed by atoms with van der Waals surface area (Å²) in [5.74, 6) is -0.0249. The van der Waals surface area contributed by atoms with Crippen molar-refractivity contribution >= 4 is 16.7 Å². The molecule has 4 N–H and O–H groups in total. The lowest BCUT2D eigenvalue weighted by molar-refractivity contribution is 0.161. The summed E-state index contributed by atoms with van der Waals surface area (Å²) in [6.45, 7) is 0. The minimum atomic E-state index is -0.0249. The zero-order valence-electron chi connectivity index (χ0n) is 6.73. The molecule has 5 heteroatoms. The van der Waals surface area contributed by atoms with Crippen LogP contribution in [0.15, 0.2) is 24.4 Å². The van der Waals surface area contributed by atoms with Gasteiger partial charge in [-0.1, -0.05) is 12.1 Å². The van der Waals surface area contributed by atoms with Gasteiger partial charge < -0.3 is 10.9 Å². The number of nitrogens with two attached hydrogens (primary N) is 1. The van der Waals surface area contributed by atoms with Crippen LogP contribution in [0.25, 0.3) is 10.9 Å².